The first-order valence-electron chi connectivity index (χ1n) is 17.0. The molecular formula is C31H41N7O14P2. The van der Waals surface area contributed by atoms with Crippen LogP contribution >= 0.6 is 15.6 Å². The third kappa shape index (κ3) is 9.32. The summed E-state index contributed by atoms with van der Waals surface area (Å²) in [5.41, 5.74) is 11.8. The van der Waals surface area contributed by atoms with Crippen molar-refractivity contribution in [2.45, 2.75) is 81.2 Å². The molecule has 294 valence electrons. The van der Waals surface area contributed by atoms with E-state index in [0.29, 0.717) is 6.61 Å². The van der Waals surface area contributed by atoms with E-state index < -0.39 is 83.8 Å². The zero-order chi connectivity index (χ0) is 38.6. The van der Waals surface area contributed by atoms with E-state index in [1.54, 1.807) is 12.3 Å². The van der Waals surface area contributed by atoms with E-state index in [1.807, 2.05) is 0 Å². The number of nitrogen functional groups attached to an aromatic ring is 1. The van der Waals surface area contributed by atoms with Gasteiger partial charge in [-0.15, -0.1) is 6.42 Å². The maximum Gasteiger partial charge on any atom is 0.478 e. The summed E-state index contributed by atoms with van der Waals surface area (Å²) in [6, 6.07) is 3.06. The zero-order valence-corrected chi connectivity index (χ0v) is 30.5. The number of pyridine rings is 1. The second-order valence-corrected chi connectivity index (χ2v) is 16.0. The number of carbonyl (C=O) groups is 1. The van der Waals surface area contributed by atoms with Gasteiger partial charge in [-0.25, -0.2) is 23.8 Å². The second-order valence-electron chi connectivity index (χ2n) is 13.0. The number of fused-ring (bicyclic) bond motifs is 1. The number of ether oxygens (including phenoxy) is 4. The average molecular weight is 798 g/mol. The molecule has 7 N–H and O–H groups in total. The molecule has 1 saturated carbocycles. The van der Waals surface area contributed by atoms with Crippen LogP contribution in [-0.4, -0.2) is 104 Å². The number of anilines is 1. The van der Waals surface area contributed by atoms with Crippen LogP contribution in [0.15, 0.2) is 37.2 Å². The summed E-state index contributed by atoms with van der Waals surface area (Å²) in [6.45, 7) is -1.52. The monoisotopic (exact) mass is 797 g/mol. The normalized spacial score (nSPS) is 29.8. The number of rotatable bonds is 16. The van der Waals surface area contributed by atoms with Crippen LogP contribution in [0.25, 0.3) is 11.2 Å². The average Bonchev–Trinajstić information content (AvgIpc) is 3.81. The minimum absolute atomic E-state index is 0.0574. The van der Waals surface area contributed by atoms with Crippen molar-refractivity contribution < 1.29 is 70.8 Å². The molecule has 0 aromatic carbocycles. The largest absolute Gasteiger partial charge is 0.756 e. The number of hydrogen-bond acceptors (Lipinski definition) is 17. The number of aromatic nitrogens is 5. The Morgan fingerprint density at radius 1 is 1.06 bits per heavy atom. The predicted molar refractivity (Wildman–Crippen MR) is 180 cm³/mol. The fourth-order valence-electron chi connectivity index (χ4n) is 6.66. The standard InChI is InChI=1S/C31H41N7O14P2/c1-2-11-46-26-25(47-13-18-7-4-3-5-8-18)21(51-31(26)37-10-6-9-19(12-37)28(33)41)15-49-54(44,45)52-53(42,43)48-14-20-23(39)24(40)30(50-20)38-17-36-22-27(32)34-16-35-29(22)38/h1,6,9-10,12,16-18,20-21,23-26,30-31,39-40H,3-5,7-8,11,13-15H2,(H5-,32,33,34,35,41,42,43,44,45)/t20-,21-,23-,24-,25-,26-,30-,31-/m1/s1. The van der Waals surface area contributed by atoms with Gasteiger partial charge >= 0.3 is 7.82 Å². The van der Waals surface area contributed by atoms with Crippen LogP contribution in [0.5, 0.6) is 0 Å². The number of carbonyl (C=O) groups excluding carboxylic acids is 1. The van der Waals surface area contributed by atoms with Crippen molar-refractivity contribution in [3.8, 4) is 12.3 Å². The Hall–Kier alpha value is -3.45. The minimum atomic E-state index is -5.62. The number of nitrogens with zero attached hydrogens (tertiary/aromatic N) is 5. The third-order valence-electron chi connectivity index (χ3n) is 9.29. The quantitative estimate of drug-likeness (QED) is 0.0700. The van der Waals surface area contributed by atoms with Crippen molar-refractivity contribution in [3.05, 3.63) is 42.7 Å². The number of amides is 1. The predicted octanol–water partition coefficient (Wildman–Crippen LogP) is -0.386. The van der Waals surface area contributed by atoms with Gasteiger partial charge in [-0.3, -0.25) is 18.5 Å². The first-order chi connectivity index (χ1) is 25.8. The summed E-state index contributed by atoms with van der Waals surface area (Å²) in [5.74, 6) is 1.97. The zero-order valence-electron chi connectivity index (χ0n) is 28.7. The minimum Gasteiger partial charge on any atom is -0.756 e. The fraction of sp³-hybridized carbons (Fsp3) is 0.581. The molecular weight excluding hydrogens is 756 g/mol. The van der Waals surface area contributed by atoms with Gasteiger partial charge in [0.1, 0.15) is 54.5 Å². The van der Waals surface area contributed by atoms with Gasteiger partial charge < -0.3 is 54.9 Å². The van der Waals surface area contributed by atoms with Gasteiger partial charge in [0.2, 0.25) is 0 Å². The van der Waals surface area contributed by atoms with Gasteiger partial charge in [-0.05, 0) is 24.8 Å². The number of imidazole rings is 1. The number of terminal acetylenes is 1. The highest BCUT2D eigenvalue weighted by Gasteiger charge is 2.52. The Bertz CT molecular complexity index is 1930. The molecule has 0 spiro atoms. The van der Waals surface area contributed by atoms with Crippen LogP contribution in [0.1, 0.15) is 54.9 Å². The Labute approximate surface area is 308 Å². The maximum absolute atomic E-state index is 12.9. The van der Waals surface area contributed by atoms with E-state index in [2.05, 4.69) is 25.2 Å². The topological polar surface area (TPSA) is 299 Å². The lowest BCUT2D eigenvalue weighted by Gasteiger charge is -2.29. The summed E-state index contributed by atoms with van der Waals surface area (Å²) < 4.78 is 66.9. The molecule has 2 aliphatic heterocycles. The van der Waals surface area contributed by atoms with Crippen molar-refractivity contribution in [2.24, 2.45) is 11.7 Å². The number of aliphatic hydroxyl groups is 2. The van der Waals surface area contributed by atoms with Crippen LogP contribution in [0.2, 0.25) is 0 Å². The van der Waals surface area contributed by atoms with E-state index >= 15 is 0 Å². The second kappa shape index (κ2) is 17.1. The van der Waals surface area contributed by atoms with Gasteiger partial charge in [0.05, 0.1) is 26.1 Å². The Kier molecular flexibility index (Phi) is 12.8. The van der Waals surface area contributed by atoms with Crippen LogP contribution in [-0.2, 0) is 41.4 Å². The molecule has 21 nitrogen and oxygen atoms in total. The van der Waals surface area contributed by atoms with Crippen molar-refractivity contribution >= 4 is 38.5 Å². The molecule has 54 heavy (non-hydrogen) atoms. The Morgan fingerprint density at radius 3 is 2.56 bits per heavy atom. The van der Waals surface area contributed by atoms with Crippen molar-refractivity contribution in [1.29, 1.82) is 0 Å². The van der Waals surface area contributed by atoms with Gasteiger partial charge in [-0.2, -0.15) is 4.57 Å². The van der Waals surface area contributed by atoms with Crippen molar-refractivity contribution in [1.82, 2.24) is 19.5 Å². The van der Waals surface area contributed by atoms with E-state index in [-0.39, 0.29) is 35.1 Å². The molecule has 5 heterocycles. The molecule has 3 aromatic rings. The van der Waals surface area contributed by atoms with Crippen LogP contribution < -0.4 is 20.9 Å². The number of nitrogens with two attached hydrogens (primary N) is 2. The first kappa shape index (κ1) is 40.2. The highest BCUT2D eigenvalue weighted by Crippen LogP contribution is 2.58. The van der Waals surface area contributed by atoms with Crippen LogP contribution in [0.3, 0.4) is 0 Å². The molecule has 23 heteroatoms. The summed E-state index contributed by atoms with van der Waals surface area (Å²) >= 11 is 0. The van der Waals surface area contributed by atoms with Gasteiger partial charge in [-0.1, -0.05) is 25.2 Å². The van der Waals surface area contributed by atoms with E-state index in [4.69, 9.17) is 45.9 Å². The maximum atomic E-state index is 12.9. The van der Waals surface area contributed by atoms with Crippen LogP contribution in [0, 0.1) is 18.3 Å². The molecule has 0 bridgehead atoms. The number of aliphatic hydroxyl groups excluding tert-OH is 2. The SMILES string of the molecule is C#CCO[C@@H]1[C@H](OCC2CCCCC2)[C@@H](COP(=O)([O-])OP(=O)(O)OC[C@H]2O[C@@H](n3cnc4c(N)ncnc43)[C@H](O)[C@@H]2O)O[C@H]1[n+]1cccc(C(N)=O)c1. The molecule has 1 amide bonds. The van der Waals surface area contributed by atoms with Crippen LogP contribution in [0.4, 0.5) is 5.82 Å². The molecule has 2 unspecified atom stereocenters. The molecule has 2 saturated heterocycles. The van der Waals surface area contributed by atoms with E-state index in [9.17, 15) is 33.9 Å². The highest BCUT2D eigenvalue weighted by molar-refractivity contribution is 7.60. The number of hydrogen-bond donors (Lipinski definition) is 5. The molecule has 6 rings (SSSR count). The van der Waals surface area contributed by atoms with Crippen molar-refractivity contribution in [3.63, 3.8) is 0 Å². The smallest absolute Gasteiger partial charge is 0.478 e. The Morgan fingerprint density at radius 2 is 1.81 bits per heavy atom. The molecule has 3 fully saturated rings. The van der Waals surface area contributed by atoms with E-state index in [0.717, 1.165) is 38.4 Å². The lowest BCUT2D eigenvalue weighted by molar-refractivity contribution is -0.766. The molecule has 10 atom stereocenters. The first-order valence-corrected chi connectivity index (χ1v) is 19.9. The summed E-state index contributed by atoms with van der Waals surface area (Å²) in [6.07, 6.45) is 5.96. The van der Waals surface area contributed by atoms with Gasteiger partial charge in [0, 0.05) is 6.07 Å². The Balaban J connectivity index is 1.11. The highest BCUT2D eigenvalue weighted by atomic mass is 31.3. The summed E-state index contributed by atoms with van der Waals surface area (Å²) in [7, 11) is -11.1. The number of primary amides is 1. The number of phosphoric ester groups is 2. The third-order valence-corrected chi connectivity index (χ3v) is 11.9. The summed E-state index contributed by atoms with van der Waals surface area (Å²) in [5, 5.41) is 21.2. The summed E-state index contributed by atoms with van der Waals surface area (Å²) in [4.78, 5) is 47.1. The fourth-order valence-corrected chi connectivity index (χ4v) is 8.72. The molecule has 0 radical (unpaired) electrons. The lowest BCUT2D eigenvalue weighted by Crippen LogP contribution is -2.48. The van der Waals surface area contributed by atoms with Gasteiger partial charge in [0.15, 0.2) is 36.2 Å². The lowest BCUT2D eigenvalue weighted by atomic mass is 9.90. The van der Waals surface area contributed by atoms with Crippen molar-refractivity contribution in [2.75, 3.05) is 32.2 Å². The van der Waals surface area contributed by atoms with E-state index in [1.165, 1.54) is 27.7 Å². The van der Waals surface area contributed by atoms with Gasteiger partial charge in [0.25, 0.3) is 20.0 Å². The molecule has 3 aliphatic rings. The molecule has 1 aliphatic carbocycles. The number of phosphoric acid groups is 2. The molecule has 3 aromatic heterocycles.